The third-order valence-corrected chi connectivity index (χ3v) is 3.42. The van der Waals surface area contributed by atoms with Crippen LogP contribution >= 0.6 is 0 Å². The van der Waals surface area contributed by atoms with Gasteiger partial charge in [-0.1, -0.05) is 6.92 Å². The number of rotatable bonds is 8. The standard InChI is InChI=1S/C14H24N2O2/c1-2-16(12-14-6-4-10-18-14)8-7-15-11-13-5-3-9-17-13/h3,5,9,14-15H,2,4,6-8,10-12H2,1H3. The Hall–Kier alpha value is -0.840. The van der Waals surface area contributed by atoms with Crippen LogP contribution in [0.15, 0.2) is 22.8 Å². The molecule has 1 aromatic rings. The Kier molecular flexibility index (Phi) is 5.71. The molecule has 0 aliphatic carbocycles. The summed E-state index contributed by atoms with van der Waals surface area (Å²) in [6.07, 6.45) is 4.61. The van der Waals surface area contributed by atoms with Gasteiger partial charge in [0.25, 0.3) is 0 Å². The summed E-state index contributed by atoms with van der Waals surface area (Å²) in [6.45, 7) is 8.17. The normalized spacial score (nSPS) is 19.8. The van der Waals surface area contributed by atoms with E-state index in [1.54, 1.807) is 6.26 Å². The minimum absolute atomic E-state index is 0.454. The molecule has 1 aliphatic rings. The first-order valence-corrected chi connectivity index (χ1v) is 6.95. The van der Waals surface area contributed by atoms with Crippen LogP contribution in [-0.4, -0.2) is 43.8 Å². The van der Waals surface area contributed by atoms with Crippen LogP contribution in [0.25, 0.3) is 0 Å². The Morgan fingerprint density at radius 2 is 2.44 bits per heavy atom. The van der Waals surface area contributed by atoms with E-state index in [9.17, 15) is 0 Å². The summed E-state index contributed by atoms with van der Waals surface area (Å²) in [5.41, 5.74) is 0. The second-order valence-corrected chi connectivity index (χ2v) is 4.78. The zero-order valence-electron chi connectivity index (χ0n) is 11.2. The maximum Gasteiger partial charge on any atom is 0.117 e. The molecule has 1 fully saturated rings. The third-order valence-electron chi connectivity index (χ3n) is 3.42. The number of nitrogens with one attached hydrogen (secondary N) is 1. The van der Waals surface area contributed by atoms with E-state index in [0.29, 0.717) is 6.10 Å². The van der Waals surface area contributed by atoms with E-state index < -0.39 is 0 Å². The van der Waals surface area contributed by atoms with Crippen LogP contribution in [0.1, 0.15) is 25.5 Å². The Labute approximate surface area is 109 Å². The fourth-order valence-electron chi connectivity index (χ4n) is 2.32. The van der Waals surface area contributed by atoms with Crippen molar-refractivity contribution in [3.05, 3.63) is 24.2 Å². The van der Waals surface area contributed by atoms with Gasteiger partial charge in [-0.05, 0) is 31.5 Å². The van der Waals surface area contributed by atoms with E-state index in [1.807, 2.05) is 12.1 Å². The number of hydrogen-bond acceptors (Lipinski definition) is 4. The molecule has 1 N–H and O–H groups in total. The summed E-state index contributed by atoms with van der Waals surface area (Å²) in [4.78, 5) is 2.45. The van der Waals surface area contributed by atoms with Gasteiger partial charge in [-0.3, -0.25) is 4.90 Å². The fraction of sp³-hybridized carbons (Fsp3) is 0.714. The third kappa shape index (κ3) is 4.44. The van der Waals surface area contributed by atoms with Gasteiger partial charge >= 0.3 is 0 Å². The average molecular weight is 252 g/mol. The number of nitrogens with zero attached hydrogens (tertiary/aromatic N) is 1. The topological polar surface area (TPSA) is 37.6 Å². The van der Waals surface area contributed by atoms with Crippen molar-refractivity contribution in [2.75, 3.05) is 32.8 Å². The highest BCUT2D eigenvalue weighted by Gasteiger charge is 2.17. The number of ether oxygens (including phenoxy) is 1. The quantitative estimate of drug-likeness (QED) is 0.717. The van der Waals surface area contributed by atoms with Gasteiger partial charge in [-0.2, -0.15) is 0 Å². The summed E-state index contributed by atoms with van der Waals surface area (Å²) in [6, 6.07) is 3.92. The zero-order chi connectivity index (χ0) is 12.6. The van der Waals surface area contributed by atoms with Gasteiger partial charge in [0, 0.05) is 26.2 Å². The molecule has 1 unspecified atom stereocenters. The van der Waals surface area contributed by atoms with E-state index in [1.165, 1.54) is 12.8 Å². The maximum atomic E-state index is 5.67. The van der Waals surface area contributed by atoms with Crippen LogP contribution in [-0.2, 0) is 11.3 Å². The van der Waals surface area contributed by atoms with E-state index in [0.717, 1.165) is 45.1 Å². The molecule has 1 aliphatic heterocycles. The predicted molar refractivity (Wildman–Crippen MR) is 71.5 cm³/mol. The molecule has 102 valence electrons. The molecule has 0 aromatic carbocycles. The Morgan fingerprint density at radius 1 is 1.50 bits per heavy atom. The molecule has 4 nitrogen and oxygen atoms in total. The van der Waals surface area contributed by atoms with Crippen molar-refractivity contribution in [3.63, 3.8) is 0 Å². The molecule has 1 atom stereocenters. The van der Waals surface area contributed by atoms with E-state index in [4.69, 9.17) is 9.15 Å². The predicted octanol–water partition coefficient (Wildman–Crippen LogP) is 1.87. The van der Waals surface area contributed by atoms with Gasteiger partial charge in [0.05, 0.1) is 18.9 Å². The molecule has 4 heteroatoms. The van der Waals surface area contributed by atoms with Crippen LogP contribution < -0.4 is 5.32 Å². The summed E-state index contributed by atoms with van der Waals surface area (Å²) >= 11 is 0. The highest BCUT2D eigenvalue weighted by atomic mass is 16.5. The first-order chi connectivity index (χ1) is 8.88. The Balaban J connectivity index is 1.58. The molecule has 18 heavy (non-hydrogen) atoms. The SMILES string of the molecule is CCN(CCNCc1ccco1)CC1CCCO1. The highest BCUT2D eigenvalue weighted by Crippen LogP contribution is 2.12. The zero-order valence-corrected chi connectivity index (χ0v) is 11.2. The van der Waals surface area contributed by atoms with E-state index in [2.05, 4.69) is 17.1 Å². The Bertz CT molecular complexity index is 308. The Morgan fingerprint density at radius 3 is 3.11 bits per heavy atom. The lowest BCUT2D eigenvalue weighted by atomic mass is 10.2. The van der Waals surface area contributed by atoms with Crippen molar-refractivity contribution in [1.29, 1.82) is 0 Å². The summed E-state index contributed by atoms with van der Waals surface area (Å²) in [7, 11) is 0. The number of likely N-dealkylation sites (N-methyl/N-ethyl adjacent to an activating group) is 1. The van der Waals surface area contributed by atoms with Gasteiger partial charge in [-0.15, -0.1) is 0 Å². The molecular weight excluding hydrogens is 228 g/mol. The van der Waals surface area contributed by atoms with Crippen molar-refractivity contribution < 1.29 is 9.15 Å². The summed E-state index contributed by atoms with van der Waals surface area (Å²) in [5.74, 6) is 0.997. The molecule has 1 saturated heterocycles. The van der Waals surface area contributed by atoms with Crippen LogP contribution in [0.4, 0.5) is 0 Å². The molecule has 0 amide bonds. The molecule has 0 spiro atoms. The fourth-order valence-corrected chi connectivity index (χ4v) is 2.32. The first-order valence-electron chi connectivity index (χ1n) is 6.95. The highest BCUT2D eigenvalue weighted by molar-refractivity contribution is 4.97. The second kappa shape index (κ2) is 7.56. The molecule has 0 bridgehead atoms. The summed E-state index contributed by atoms with van der Waals surface area (Å²) < 4.78 is 11.0. The smallest absolute Gasteiger partial charge is 0.117 e. The van der Waals surface area contributed by atoms with Gasteiger partial charge in [0.15, 0.2) is 0 Å². The second-order valence-electron chi connectivity index (χ2n) is 4.78. The summed E-state index contributed by atoms with van der Waals surface area (Å²) in [5, 5.41) is 3.40. The van der Waals surface area contributed by atoms with Crippen molar-refractivity contribution >= 4 is 0 Å². The minimum Gasteiger partial charge on any atom is -0.468 e. The molecule has 2 heterocycles. The van der Waals surface area contributed by atoms with Gasteiger partial charge in [-0.25, -0.2) is 0 Å². The maximum absolute atomic E-state index is 5.67. The van der Waals surface area contributed by atoms with Crippen molar-refractivity contribution in [3.8, 4) is 0 Å². The van der Waals surface area contributed by atoms with Crippen LogP contribution in [0, 0.1) is 0 Å². The average Bonchev–Trinajstić information content (AvgIpc) is 3.06. The van der Waals surface area contributed by atoms with Crippen LogP contribution in [0.3, 0.4) is 0 Å². The molecular formula is C14H24N2O2. The monoisotopic (exact) mass is 252 g/mol. The molecule has 2 rings (SSSR count). The largest absolute Gasteiger partial charge is 0.468 e. The molecule has 0 radical (unpaired) electrons. The number of hydrogen-bond donors (Lipinski definition) is 1. The number of furan rings is 1. The minimum atomic E-state index is 0.454. The first kappa shape index (κ1) is 13.6. The lowest BCUT2D eigenvalue weighted by Gasteiger charge is -2.23. The van der Waals surface area contributed by atoms with Crippen LogP contribution in [0.5, 0.6) is 0 Å². The van der Waals surface area contributed by atoms with Gasteiger partial charge in [0.2, 0.25) is 0 Å². The van der Waals surface area contributed by atoms with E-state index in [-0.39, 0.29) is 0 Å². The van der Waals surface area contributed by atoms with Gasteiger partial charge < -0.3 is 14.5 Å². The van der Waals surface area contributed by atoms with Crippen molar-refractivity contribution in [2.45, 2.75) is 32.4 Å². The van der Waals surface area contributed by atoms with Gasteiger partial charge in [0.1, 0.15) is 5.76 Å². The van der Waals surface area contributed by atoms with Crippen molar-refractivity contribution in [1.82, 2.24) is 10.2 Å². The molecule has 1 aromatic heterocycles. The van der Waals surface area contributed by atoms with Crippen LogP contribution in [0.2, 0.25) is 0 Å². The lowest BCUT2D eigenvalue weighted by molar-refractivity contribution is 0.0751. The van der Waals surface area contributed by atoms with E-state index >= 15 is 0 Å². The molecule has 0 saturated carbocycles. The lowest BCUT2D eigenvalue weighted by Crippen LogP contribution is -2.37. The van der Waals surface area contributed by atoms with Crippen molar-refractivity contribution in [2.24, 2.45) is 0 Å².